The lowest BCUT2D eigenvalue weighted by molar-refractivity contribution is 0.295. The SMILES string of the molecule is COc1ccc2c(c1)OCCCCCCN(C(C)C)S2(=O)=O. The third-order valence-electron chi connectivity index (χ3n) is 3.84. The molecule has 5 nitrogen and oxygen atoms in total. The van der Waals surface area contributed by atoms with E-state index < -0.39 is 10.0 Å². The molecule has 0 N–H and O–H groups in total. The number of fused-ring (bicyclic) bond motifs is 1. The maximum absolute atomic E-state index is 13.0. The van der Waals surface area contributed by atoms with Crippen LogP contribution in [0.1, 0.15) is 39.5 Å². The van der Waals surface area contributed by atoms with Gasteiger partial charge < -0.3 is 9.47 Å². The zero-order chi connectivity index (χ0) is 16.2. The highest BCUT2D eigenvalue weighted by Crippen LogP contribution is 2.32. The van der Waals surface area contributed by atoms with Gasteiger partial charge in [0.25, 0.3) is 0 Å². The predicted octanol–water partition coefficient (Wildman–Crippen LogP) is 3.05. The number of hydrogen-bond donors (Lipinski definition) is 0. The van der Waals surface area contributed by atoms with Crippen molar-refractivity contribution in [2.75, 3.05) is 20.3 Å². The highest BCUT2D eigenvalue weighted by molar-refractivity contribution is 7.89. The molecular formula is C16H25NO4S. The molecule has 1 aromatic rings. The van der Waals surface area contributed by atoms with Crippen LogP contribution in [0.15, 0.2) is 23.1 Å². The summed E-state index contributed by atoms with van der Waals surface area (Å²) in [5, 5.41) is 0. The Kier molecular flexibility index (Phi) is 5.69. The molecule has 1 aromatic carbocycles. The van der Waals surface area contributed by atoms with Crippen LogP contribution in [0, 0.1) is 0 Å². The largest absolute Gasteiger partial charge is 0.497 e. The average Bonchev–Trinajstić information content (AvgIpc) is 2.50. The van der Waals surface area contributed by atoms with Crippen molar-refractivity contribution in [2.45, 2.75) is 50.5 Å². The third-order valence-corrected chi connectivity index (χ3v) is 5.96. The van der Waals surface area contributed by atoms with Gasteiger partial charge in [0.2, 0.25) is 10.0 Å². The normalized spacial score (nSPS) is 19.8. The summed E-state index contributed by atoms with van der Waals surface area (Å²) >= 11 is 0. The maximum atomic E-state index is 13.0. The first-order valence-electron chi connectivity index (χ1n) is 7.79. The number of ether oxygens (including phenoxy) is 2. The summed E-state index contributed by atoms with van der Waals surface area (Å²) in [6.07, 6.45) is 3.87. The minimum atomic E-state index is -3.57. The lowest BCUT2D eigenvalue weighted by atomic mass is 10.2. The average molecular weight is 327 g/mol. The molecule has 0 saturated carbocycles. The number of sulfonamides is 1. The van der Waals surface area contributed by atoms with Gasteiger partial charge in [0.1, 0.15) is 16.4 Å². The van der Waals surface area contributed by atoms with Crippen molar-refractivity contribution in [3.63, 3.8) is 0 Å². The summed E-state index contributed by atoms with van der Waals surface area (Å²) in [6.45, 7) is 4.88. The molecule has 0 spiro atoms. The summed E-state index contributed by atoms with van der Waals surface area (Å²) in [7, 11) is -2.01. The van der Waals surface area contributed by atoms with E-state index in [2.05, 4.69) is 0 Å². The Morgan fingerprint density at radius 1 is 1.18 bits per heavy atom. The van der Waals surface area contributed by atoms with Crippen LogP contribution in [0.5, 0.6) is 11.5 Å². The molecule has 1 aliphatic rings. The standard InChI is InChI=1S/C16H25NO4S/c1-13(2)17-10-6-4-5-7-11-21-15-12-14(20-3)8-9-16(15)22(17,18)19/h8-9,12-13H,4-7,10-11H2,1-3H3. The molecule has 0 radical (unpaired) electrons. The van der Waals surface area contributed by atoms with Gasteiger partial charge in [-0.05, 0) is 38.8 Å². The molecule has 0 aromatic heterocycles. The lowest BCUT2D eigenvalue weighted by Crippen LogP contribution is -2.37. The summed E-state index contributed by atoms with van der Waals surface area (Å²) < 4.78 is 38.5. The zero-order valence-corrected chi connectivity index (χ0v) is 14.4. The first-order chi connectivity index (χ1) is 10.5. The Labute approximate surface area is 133 Å². The Balaban J connectivity index is 2.50. The van der Waals surface area contributed by atoms with E-state index >= 15 is 0 Å². The van der Waals surface area contributed by atoms with E-state index in [0.717, 1.165) is 25.7 Å². The smallest absolute Gasteiger partial charge is 0.246 e. The topological polar surface area (TPSA) is 55.8 Å². The Bertz CT molecular complexity index is 598. The van der Waals surface area contributed by atoms with Crippen molar-refractivity contribution in [2.24, 2.45) is 0 Å². The monoisotopic (exact) mass is 327 g/mol. The van der Waals surface area contributed by atoms with Crippen LogP contribution in [0.2, 0.25) is 0 Å². The minimum Gasteiger partial charge on any atom is -0.497 e. The van der Waals surface area contributed by atoms with Crippen LogP contribution in [0.25, 0.3) is 0 Å². The molecule has 0 atom stereocenters. The highest BCUT2D eigenvalue weighted by Gasteiger charge is 2.30. The summed E-state index contributed by atoms with van der Waals surface area (Å²) in [4.78, 5) is 0.226. The molecule has 6 heteroatoms. The van der Waals surface area contributed by atoms with Crippen molar-refractivity contribution >= 4 is 10.0 Å². The fourth-order valence-corrected chi connectivity index (χ4v) is 4.42. The first-order valence-corrected chi connectivity index (χ1v) is 9.23. The van der Waals surface area contributed by atoms with Crippen molar-refractivity contribution in [3.05, 3.63) is 18.2 Å². The summed E-state index contributed by atoms with van der Waals surface area (Å²) in [6, 6.07) is 4.82. The van der Waals surface area contributed by atoms with Gasteiger partial charge in [0.05, 0.1) is 13.7 Å². The molecule has 2 rings (SSSR count). The van der Waals surface area contributed by atoms with Gasteiger partial charge >= 0.3 is 0 Å². The van der Waals surface area contributed by atoms with Crippen LogP contribution in [-0.2, 0) is 10.0 Å². The molecule has 0 aliphatic carbocycles. The Hall–Kier alpha value is -1.27. The number of benzene rings is 1. The van der Waals surface area contributed by atoms with E-state index in [1.807, 2.05) is 13.8 Å². The fourth-order valence-electron chi connectivity index (χ4n) is 2.63. The van der Waals surface area contributed by atoms with Gasteiger partial charge in [-0.3, -0.25) is 0 Å². The molecule has 0 fully saturated rings. The molecule has 1 heterocycles. The van der Waals surface area contributed by atoms with Gasteiger partial charge in [-0.25, -0.2) is 8.42 Å². The molecule has 0 saturated heterocycles. The second-order valence-electron chi connectivity index (χ2n) is 5.78. The predicted molar refractivity (Wildman–Crippen MR) is 86.0 cm³/mol. The second kappa shape index (κ2) is 7.33. The van der Waals surface area contributed by atoms with Gasteiger partial charge in [-0.2, -0.15) is 4.31 Å². The molecule has 0 bridgehead atoms. The van der Waals surface area contributed by atoms with E-state index in [-0.39, 0.29) is 10.9 Å². The number of nitrogens with zero attached hydrogens (tertiary/aromatic N) is 1. The van der Waals surface area contributed by atoms with E-state index in [4.69, 9.17) is 9.47 Å². The van der Waals surface area contributed by atoms with Crippen molar-refractivity contribution in [3.8, 4) is 11.5 Å². The van der Waals surface area contributed by atoms with Gasteiger partial charge in [-0.15, -0.1) is 0 Å². The third kappa shape index (κ3) is 3.73. The number of hydrogen-bond acceptors (Lipinski definition) is 4. The maximum Gasteiger partial charge on any atom is 0.246 e. The fraction of sp³-hybridized carbons (Fsp3) is 0.625. The van der Waals surface area contributed by atoms with E-state index in [1.54, 1.807) is 29.6 Å². The van der Waals surface area contributed by atoms with Crippen LogP contribution in [0.4, 0.5) is 0 Å². The highest BCUT2D eigenvalue weighted by atomic mass is 32.2. The van der Waals surface area contributed by atoms with Crippen LogP contribution in [0.3, 0.4) is 0 Å². The van der Waals surface area contributed by atoms with Crippen molar-refractivity contribution in [1.82, 2.24) is 4.31 Å². The number of rotatable bonds is 2. The van der Waals surface area contributed by atoms with Crippen molar-refractivity contribution < 1.29 is 17.9 Å². The molecule has 22 heavy (non-hydrogen) atoms. The number of methoxy groups -OCH3 is 1. The molecule has 0 unspecified atom stereocenters. The minimum absolute atomic E-state index is 0.0827. The van der Waals surface area contributed by atoms with Crippen LogP contribution in [-0.4, -0.2) is 39.0 Å². The summed E-state index contributed by atoms with van der Waals surface area (Å²) in [5.41, 5.74) is 0. The van der Waals surface area contributed by atoms with Crippen LogP contribution < -0.4 is 9.47 Å². The van der Waals surface area contributed by atoms with Gasteiger partial charge in [-0.1, -0.05) is 12.8 Å². The van der Waals surface area contributed by atoms with Gasteiger partial charge in [0.15, 0.2) is 0 Å². The first kappa shape index (κ1) is 17.1. The molecule has 124 valence electrons. The van der Waals surface area contributed by atoms with Crippen LogP contribution >= 0.6 is 0 Å². The molecule has 0 amide bonds. The lowest BCUT2D eigenvalue weighted by Gasteiger charge is -2.26. The summed E-state index contributed by atoms with van der Waals surface area (Å²) in [5.74, 6) is 0.979. The molecular weight excluding hydrogens is 302 g/mol. The second-order valence-corrected chi connectivity index (χ2v) is 7.64. The Morgan fingerprint density at radius 2 is 1.91 bits per heavy atom. The van der Waals surface area contributed by atoms with Gasteiger partial charge in [0, 0.05) is 18.7 Å². The quantitative estimate of drug-likeness (QED) is 0.838. The zero-order valence-electron chi connectivity index (χ0n) is 13.5. The van der Waals surface area contributed by atoms with Crippen molar-refractivity contribution in [1.29, 1.82) is 0 Å². The molecule has 1 aliphatic heterocycles. The Morgan fingerprint density at radius 3 is 2.59 bits per heavy atom. The van der Waals surface area contributed by atoms with E-state index in [0.29, 0.717) is 24.7 Å². The van der Waals surface area contributed by atoms with E-state index in [1.165, 1.54) is 0 Å². The van der Waals surface area contributed by atoms with E-state index in [9.17, 15) is 8.42 Å².